The highest BCUT2D eigenvalue weighted by Crippen LogP contribution is 2.25. The number of nitrogens with zero attached hydrogens (tertiary/aromatic N) is 3. The van der Waals surface area contributed by atoms with Crippen molar-refractivity contribution in [1.82, 2.24) is 15.3 Å². The van der Waals surface area contributed by atoms with Gasteiger partial charge in [0.2, 0.25) is 5.95 Å². The molecule has 0 saturated carbocycles. The lowest BCUT2D eigenvalue weighted by Gasteiger charge is -2.36. The van der Waals surface area contributed by atoms with E-state index >= 15 is 0 Å². The molecule has 1 aliphatic heterocycles. The van der Waals surface area contributed by atoms with Gasteiger partial charge in [-0.3, -0.25) is 0 Å². The first kappa shape index (κ1) is 16.9. The fourth-order valence-corrected chi connectivity index (χ4v) is 3.35. The van der Waals surface area contributed by atoms with E-state index in [2.05, 4.69) is 45.4 Å². The minimum absolute atomic E-state index is 0.285. The SMILES string of the molecule is Cc1cc(N2C[C@@H](C)C[C@H](C)C2)nc(NC(=S)NC(C)C)n1. The summed E-state index contributed by atoms with van der Waals surface area (Å²) in [6.07, 6.45) is 1.29. The first-order valence-electron chi connectivity index (χ1n) is 8.01. The molecule has 0 aromatic carbocycles. The van der Waals surface area contributed by atoms with Crippen LogP contribution in [-0.2, 0) is 0 Å². The molecule has 2 N–H and O–H groups in total. The molecule has 1 aliphatic rings. The molecule has 1 aromatic rings. The Morgan fingerprint density at radius 1 is 1.27 bits per heavy atom. The molecule has 0 bridgehead atoms. The Morgan fingerprint density at radius 2 is 1.91 bits per heavy atom. The van der Waals surface area contributed by atoms with Crippen LogP contribution in [0.5, 0.6) is 0 Å². The molecule has 6 heteroatoms. The van der Waals surface area contributed by atoms with Crippen LogP contribution >= 0.6 is 12.2 Å². The fraction of sp³-hybridized carbons (Fsp3) is 0.688. The van der Waals surface area contributed by atoms with Crippen LogP contribution in [0.3, 0.4) is 0 Å². The van der Waals surface area contributed by atoms with Gasteiger partial charge < -0.3 is 15.5 Å². The van der Waals surface area contributed by atoms with Crippen LogP contribution in [0.15, 0.2) is 6.07 Å². The van der Waals surface area contributed by atoms with Crippen molar-refractivity contribution in [3.05, 3.63) is 11.8 Å². The monoisotopic (exact) mass is 321 g/mol. The Balaban J connectivity index is 2.14. The maximum Gasteiger partial charge on any atom is 0.231 e. The van der Waals surface area contributed by atoms with E-state index in [4.69, 9.17) is 12.2 Å². The quantitative estimate of drug-likeness (QED) is 0.835. The minimum Gasteiger partial charge on any atom is -0.360 e. The summed E-state index contributed by atoms with van der Waals surface area (Å²) in [4.78, 5) is 11.4. The molecule has 0 amide bonds. The molecule has 0 spiro atoms. The smallest absolute Gasteiger partial charge is 0.231 e. The Labute approximate surface area is 138 Å². The molecule has 122 valence electrons. The maximum absolute atomic E-state index is 5.28. The van der Waals surface area contributed by atoms with Crippen LogP contribution in [-0.4, -0.2) is 34.2 Å². The summed E-state index contributed by atoms with van der Waals surface area (Å²) in [5.74, 6) is 2.94. The summed E-state index contributed by atoms with van der Waals surface area (Å²) >= 11 is 5.28. The molecule has 0 unspecified atom stereocenters. The first-order valence-corrected chi connectivity index (χ1v) is 8.42. The van der Waals surface area contributed by atoms with Gasteiger partial charge in [-0.2, -0.15) is 4.98 Å². The van der Waals surface area contributed by atoms with Gasteiger partial charge in [-0.15, -0.1) is 0 Å². The van der Waals surface area contributed by atoms with E-state index in [-0.39, 0.29) is 6.04 Å². The molecule has 2 rings (SSSR count). The Hall–Kier alpha value is -1.43. The van der Waals surface area contributed by atoms with Crippen molar-refractivity contribution in [2.24, 2.45) is 11.8 Å². The first-order chi connectivity index (χ1) is 10.3. The van der Waals surface area contributed by atoms with E-state index in [1.807, 2.05) is 20.8 Å². The van der Waals surface area contributed by atoms with E-state index in [0.717, 1.165) is 24.6 Å². The fourth-order valence-electron chi connectivity index (χ4n) is 3.02. The average Bonchev–Trinajstić information content (AvgIpc) is 2.35. The van der Waals surface area contributed by atoms with Crippen molar-refractivity contribution in [3.8, 4) is 0 Å². The third-order valence-electron chi connectivity index (χ3n) is 3.68. The average molecular weight is 321 g/mol. The third kappa shape index (κ3) is 4.80. The molecule has 1 saturated heterocycles. The van der Waals surface area contributed by atoms with Gasteiger partial charge in [0, 0.05) is 30.9 Å². The van der Waals surface area contributed by atoms with Crippen LogP contribution in [0.1, 0.15) is 39.8 Å². The van der Waals surface area contributed by atoms with Crippen molar-refractivity contribution in [3.63, 3.8) is 0 Å². The summed E-state index contributed by atoms with van der Waals surface area (Å²) in [7, 11) is 0. The third-order valence-corrected chi connectivity index (χ3v) is 3.90. The van der Waals surface area contributed by atoms with Crippen molar-refractivity contribution in [2.45, 2.75) is 47.1 Å². The van der Waals surface area contributed by atoms with Crippen molar-refractivity contribution in [1.29, 1.82) is 0 Å². The highest BCUT2D eigenvalue weighted by Gasteiger charge is 2.23. The lowest BCUT2D eigenvalue weighted by atomic mass is 9.92. The largest absolute Gasteiger partial charge is 0.360 e. The van der Waals surface area contributed by atoms with Crippen LogP contribution in [0.2, 0.25) is 0 Å². The van der Waals surface area contributed by atoms with Gasteiger partial charge in [-0.1, -0.05) is 13.8 Å². The summed E-state index contributed by atoms with van der Waals surface area (Å²) in [6.45, 7) is 12.8. The summed E-state index contributed by atoms with van der Waals surface area (Å²) in [6, 6.07) is 2.34. The topological polar surface area (TPSA) is 53.1 Å². The number of piperidine rings is 1. The molecule has 22 heavy (non-hydrogen) atoms. The second-order valence-corrected chi connectivity index (χ2v) is 7.20. The molecule has 2 heterocycles. The number of anilines is 2. The molecule has 2 atom stereocenters. The Bertz CT molecular complexity index is 521. The standard InChI is InChI=1S/C16H27N5S/c1-10(2)17-16(22)20-15-18-13(5)7-14(19-15)21-8-11(3)6-12(4)9-21/h7,10-12H,6,8-9H2,1-5H3,(H2,17,18,19,20,22)/t11-,12-/m0/s1. The Morgan fingerprint density at radius 3 is 2.50 bits per heavy atom. The normalized spacial score (nSPS) is 21.8. The van der Waals surface area contributed by atoms with Gasteiger partial charge >= 0.3 is 0 Å². The molecular weight excluding hydrogens is 294 g/mol. The van der Waals surface area contributed by atoms with E-state index in [0.29, 0.717) is 22.9 Å². The van der Waals surface area contributed by atoms with Crippen molar-refractivity contribution < 1.29 is 0 Å². The second kappa shape index (κ2) is 7.22. The van der Waals surface area contributed by atoms with Gasteiger partial charge in [0.1, 0.15) is 5.82 Å². The van der Waals surface area contributed by atoms with Crippen LogP contribution < -0.4 is 15.5 Å². The van der Waals surface area contributed by atoms with Gasteiger partial charge in [0.05, 0.1) is 0 Å². The van der Waals surface area contributed by atoms with Gasteiger partial charge in [-0.25, -0.2) is 4.98 Å². The zero-order chi connectivity index (χ0) is 16.3. The number of thiocarbonyl (C=S) groups is 1. The van der Waals surface area contributed by atoms with E-state index in [9.17, 15) is 0 Å². The highest BCUT2D eigenvalue weighted by atomic mass is 32.1. The number of rotatable bonds is 3. The van der Waals surface area contributed by atoms with Crippen LogP contribution in [0.25, 0.3) is 0 Å². The molecule has 1 aromatic heterocycles. The van der Waals surface area contributed by atoms with Crippen LogP contribution in [0.4, 0.5) is 11.8 Å². The number of hydrogen-bond acceptors (Lipinski definition) is 4. The van der Waals surface area contributed by atoms with E-state index in [1.54, 1.807) is 0 Å². The van der Waals surface area contributed by atoms with Crippen molar-refractivity contribution >= 4 is 29.1 Å². The molecule has 5 nitrogen and oxygen atoms in total. The summed E-state index contributed by atoms with van der Waals surface area (Å²) in [5.41, 5.74) is 0.950. The number of hydrogen-bond donors (Lipinski definition) is 2. The van der Waals surface area contributed by atoms with E-state index in [1.165, 1.54) is 6.42 Å². The van der Waals surface area contributed by atoms with Crippen molar-refractivity contribution in [2.75, 3.05) is 23.3 Å². The summed E-state index contributed by atoms with van der Waals surface area (Å²) in [5, 5.41) is 6.80. The maximum atomic E-state index is 5.28. The minimum atomic E-state index is 0.285. The zero-order valence-electron chi connectivity index (χ0n) is 14.2. The van der Waals surface area contributed by atoms with Gasteiger partial charge in [0.25, 0.3) is 0 Å². The molecule has 1 fully saturated rings. The number of aromatic nitrogens is 2. The number of nitrogens with one attached hydrogen (secondary N) is 2. The predicted octanol–water partition coefficient (Wildman–Crippen LogP) is 2.96. The molecule has 0 aliphatic carbocycles. The number of aryl methyl sites for hydroxylation is 1. The van der Waals surface area contributed by atoms with Crippen LogP contribution in [0, 0.1) is 18.8 Å². The second-order valence-electron chi connectivity index (χ2n) is 6.80. The predicted molar refractivity (Wildman–Crippen MR) is 96.4 cm³/mol. The Kier molecular flexibility index (Phi) is 5.56. The lowest BCUT2D eigenvalue weighted by molar-refractivity contribution is 0.355. The molecule has 0 radical (unpaired) electrons. The lowest BCUT2D eigenvalue weighted by Crippen LogP contribution is -2.39. The summed E-state index contributed by atoms with van der Waals surface area (Å²) < 4.78 is 0. The highest BCUT2D eigenvalue weighted by molar-refractivity contribution is 7.80. The molecular formula is C16H27N5S. The zero-order valence-corrected chi connectivity index (χ0v) is 15.0. The van der Waals surface area contributed by atoms with Gasteiger partial charge in [0.15, 0.2) is 5.11 Å². The van der Waals surface area contributed by atoms with Gasteiger partial charge in [-0.05, 0) is 51.2 Å². The van der Waals surface area contributed by atoms with E-state index < -0.39 is 0 Å².